The summed E-state index contributed by atoms with van der Waals surface area (Å²) >= 11 is 0. The van der Waals surface area contributed by atoms with Crippen LogP contribution in [0.1, 0.15) is 56.9 Å². The Morgan fingerprint density at radius 3 is 2.52 bits per heavy atom. The fourth-order valence-electron chi connectivity index (χ4n) is 4.46. The standard InChI is InChI=1S/C20H34N4O4S/c1-15-7-4-5-11-23(15)12-6-10-21-20(25)18-8-13-24(14-9-18)29(26,27)19-16(2)22-28-17(19)3/h15,18H,4-14H2,1-3H3,(H,21,25)/t15-/m0/s1. The van der Waals surface area contributed by atoms with Crippen molar-refractivity contribution in [2.75, 3.05) is 32.7 Å². The predicted octanol–water partition coefficient (Wildman–Crippen LogP) is 2.07. The average Bonchev–Trinajstić information content (AvgIpc) is 3.05. The average molecular weight is 427 g/mol. The van der Waals surface area contributed by atoms with E-state index in [4.69, 9.17) is 4.52 Å². The van der Waals surface area contributed by atoms with Crippen LogP contribution in [0.2, 0.25) is 0 Å². The molecule has 1 aromatic heterocycles. The van der Waals surface area contributed by atoms with E-state index < -0.39 is 10.0 Å². The lowest BCUT2D eigenvalue weighted by Crippen LogP contribution is -2.44. The number of sulfonamides is 1. The van der Waals surface area contributed by atoms with Gasteiger partial charge in [-0.2, -0.15) is 4.31 Å². The summed E-state index contributed by atoms with van der Waals surface area (Å²) in [4.78, 5) is 15.2. The van der Waals surface area contributed by atoms with Crippen LogP contribution in [0.4, 0.5) is 0 Å². The second-order valence-corrected chi connectivity index (χ2v) is 10.2. The van der Waals surface area contributed by atoms with Gasteiger partial charge in [0.05, 0.1) is 0 Å². The number of carbonyl (C=O) groups excluding carboxylic acids is 1. The first-order valence-corrected chi connectivity index (χ1v) is 12.2. The maximum absolute atomic E-state index is 12.9. The maximum Gasteiger partial charge on any atom is 0.248 e. The number of hydrogen-bond donors (Lipinski definition) is 1. The first-order chi connectivity index (χ1) is 13.8. The summed E-state index contributed by atoms with van der Waals surface area (Å²) in [5.41, 5.74) is 0.380. The summed E-state index contributed by atoms with van der Waals surface area (Å²) in [6.07, 6.45) is 5.89. The van der Waals surface area contributed by atoms with E-state index in [0.717, 1.165) is 19.5 Å². The molecular formula is C20H34N4O4S. The fourth-order valence-corrected chi connectivity index (χ4v) is 6.22. The van der Waals surface area contributed by atoms with E-state index in [1.165, 1.54) is 23.6 Å². The number of aromatic nitrogens is 1. The van der Waals surface area contributed by atoms with Gasteiger partial charge in [0.2, 0.25) is 15.9 Å². The van der Waals surface area contributed by atoms with Crippen LogP contribution in [-0.2, 0) is 14.8 Å². The zero-order chi connectivity index (χ0) is 21.0. The van der Waals surface area contributed by atoms with Gasteiger partial charge < -0.3 is 14.7 Å². The molecule has 1 N–H and O–H groups in total. The van der Waals surface area contributed by atoms with E-state index in [1.54, 1.807) is 13.8 Å². The second-order valence-electron chi connectivity index (χ2n) is 8.36. The highest BCUT2D eigenvalue weighted by Crippen LogP contribution is 2.27. The van der Waals surface area contributed by atoms with Gasteiger partial charge in [0, 0.05) is 38.1 Å². The number of rotatable bonds is 7. The maximum atomic E-state index is 12.9. The summed E-state index contributed by atoms with van der Waals surface area (Å²) < 4.78 is 32.2. The molecule has 1 atom stereocenters. The van der Waals surface area contributed by atoms with Crippen molar-refractivity contribution >= 4 is 15.9 Å². The van der Waals surface area contributed by atoms with E-state index in [2.05, 4.69) is 22.3 Å². The molecule has 0 aliphatic carbocycles. The number of amides is 1. The molecule has 2 saturated heterocycles. The van der Waals surface area contributed by atoms with Crippen LogP contribution in [0.15, 0.2) is 9.42 Å². The molecule has 2 aliphatic heterocycles. The van der Waals surface area contributed by atoms with Gasteiger partial charge in [-0.05, 0) is 59.4 Å². The number of likely N-dealkylation sites (tertiary alicyclic amines) is 1. The van der Waals surface area contributed by atoms with Crippen LogP contribution in [-0.4, -0.2) is 67.5 Å². The van der Waals surface area contributed by atoms with Gasteiger partial charge in [0.1, 0.15) is 10.6 Å². The van der Waals surface area contributed by atoms with E-state index in [1.807, 2.05) is 0 Å². The summed E-state index contributed by atoms with van der Waals surface area (Å²) in [6.45, 7) is 9.07. The second kappa shape index (κ2) is 9.57. The number of carbonyl (C=O) groups is 1. The van der Waals surface area contributed by atoms with Gasteiger partial charge in [-0.15, -0.1) is 0 Å². The van der Waals surface area contributed by atoms with Crippen molar-refractivity contribution in [2.24, 2.45) is 5.92 Å². The van der Waals surface area contributed by atoms with Crippen LogP contribution in [0.5, 0.6) is 0 Å². The highest BCUT2D eigenvalue weighted by molar-refractivity contribution is 7.89. The van der Waals surface area contributed by atoms with Crippen molar-refractivity contribution in [1.82, 2.24) is 19.7 Å². The topological polar surface area (TPSA) is 95.8 Å². The molecule has 1 aromatic rings. The van der Waals surface area contributed by atoms with Crippen LogP contribution < -0.4 is 5.32 Å². The van der Waals surface area contributed by atoms with Crippen LogP contribution in [0.25, 0.3) is 0 Å². The lowest BCUT2D eigenvalue weighted by Gasteiger charge is -2.33. The van der Waals surface area contributed by atoms with Crippen LogP contribution in [0.3, 0.4) is 0 Å². The smallest absolute Gasteiger partial charge is 0.248 e. The molecule has 9 heteroatoms. The van der Waals surface area contributed by atoms with Gasteiger partial charge in [-0.3, -0.25) is 4.79 Å². The number of nitrogens with zero attached hydrogens (tertiary/aromatic N) is 3. The van der Waals surface area contributed by atoms with E-state index >= 15 is 0 Å². The van der Waals surface area contributed by atoms with Crippen molar-refractivity contribution in [3.8, 4) is 0 Å². The molecule has 2 fully saturated rings. The normalized spacial score (nSPS) is 22.7. The van der Waals surface area contributed by atoms with E-state index in [9.17, 15) is 13.2 Å². The Morgan fingerprint density at radius 1 is 1.17 bits per heavy atom. The fraction of sp³-hybridized carbons (Fsp3) is 0.800. The third-order valence-corrected chi connectivity index (χ3v) is 8.40. The third-order valence-electron chi connectivity index (χ3n) is 6.25. The number of hydrogen-bond acceptors (Lipinski definition) is 6. The van der Waals surface area contributed by atoms with Crippen molar-refractivity contribution in [1.29, 1.82) is 0 Å². The van der Waals surface area contributed by atoms with Gasteiger partial charge >= 0.3 is 0 Å². The molecule has 3 heterocycles. The summed E-state index contributed by atoms with van der Waals surface area (Å²) in [6, 6.07) is 0.642. The number of piperidine rings is 2. The summed E-state index contributed by atoms with van der Waals surface area (Å²) in [5, 5.41) is 6.80. The first kappa shape index (κ1) is 22.2. The van der Waals surface area contributed by atoms with Crippen LogP contribution in [0, 0.1) is 19.8 Å². The quantitative estimate of drug-likeness (QED) is 0.671. The molecule has 0 saturated carbocycles. The van der Waals surface area contributed by atoms with Crippen molar-refractivity contribution in [3.63, 3.8) is 0 Å². The number of nitrogens with one attached hydrogen (secondary N) is 1. The molecule has 0 aromatic carbocycles. The summed E-state index contributed by atoms with van der Waals surface area (Å²) in [7, 11) is -3.63. The van der Waals surface area contributed by atoms with Crippen molar-refractivity contribution in [3.05, 3.63) is 11.5 Å². The van der Waals surface area contributed by atoms with Gasteiger partial charge in [-0.25, -0.2) is 8.42 Å². The minimum Gasteiger partial charge on any atom is -0.360 e. The largest absolute Gasteiger partial charge is 0.360 e. The molecule has 0 spiro atoms. The minimum atomic E-state index is -3.63. The monoisotopic (exact) mass is 426 g/mol. The lowest BCUT2D eigenvalue weighted by molar-refractivity contribution is -0.126. The Labute approximate surface area is 174 Å². The SMILES string of the molecule is Cc1noc(C)c1S(=O)(=O)N1CCC(C(=O)NCCCN2CCCC[C@@H]2C)CC1. The molecule has 0 radical (unpaired) electrons. The molecule has 0 unspecified atom stereocenters. The van der Waals surface area contributed by atoms with Crippen LogP contribution >= 0.6 is 0 Å². The lowest BCUT2D eigenvalue weighted by atomic mass is 9.97. The van der Waals surface area contributed by atoms with Gasteiger partial charge in [-0.1, -0.05) is 11.6 Å². The molecular weight excluding hydrogens is 392 g/mol. The zero-order valence-corrected chi connectivity index (χ0v) is 18.6. The molecule has 8 nitrogen and oxygen atoms in total. The van der Waals surface area contributed by atoms with E-state index in [-0.39, 0.29) is 16.7 Å². The Kier molecular flexibility index (Phi) is 7.34. The molecule has 29 heavy (non-hydrogen) atoms. The Balaban J connectivity index is 1.42. The molecule has 1 amide bonds. The highest BCUT2D eigenvalue weighted by Gasteiger charge is 2.35. The Hall–Kier alpha value is -1.45. The number of aryl methyl sites for hydroxylation is 2. The summed E-state index contributed by atoms with van der Waals surface area (Å²) in [5.74, 6) is 0.233. The molecule has 0 bridgehead atoms. The van der Waals surface area contributed by atoms with Gasteiger partial charge in [0.25, 0.3) is 0 Å². The minimum absolute atomic E-state index is 0.0473. The Bertz CT molecular complexity index is 780. The Morgan fingerprint density at radius 2 is 1.90 bits per heavy atom. The molecule has 3 rings (SSSR count). The third kappa shape index (κ3) is 5.19. The van der Waals surface area contributed by atoms with Gasteiger partial charge in [0.15, 0.2) is 5.76 Å². The van der Waals surface area contributed by atoms with Crippen molar-refractivity contribution in [2.45, 2.75) is 70.2 Å². The van der Waals surface area contributed by atoms with E-state index in [0.29, 0.717) is 50.0 Å². The molecule has 164 valence electrons. The zero-order valence-electron chi connectivity index (χ0n) is 17.8. The highest BCUT2D eigenvalue weighted by atomic mass is 32.2. The van der Waals surface area contributed by atoms with Crippen molar-refractivity contribution < 1.29 is 17.7 Å². The first-order valence-electron chi connectivity index (χ1n) is 10.8. The predicted molar refractivity (Wildman–Crippen MR) is 110 cm³/mol. The molecule has 2 aliphatic rings.